The van der Waals surface area contributed by atoms with E-state index in [4.69, 9.17) is 0 Å². The van der Waals surface area contributed by atoms with E-state index in [2.05, 4.69) is 41.0 Å². The van der Waals surface area contributed by atoms with Gasteiger partial charge in [-0.1, -0.05) is 36.4 Å². The minimum Gasteiger partial charge on any atom is -0.348 e. The lowest BCUT2D eigenvalue weighted by Crippen LogP contribution is -2.55. The number of sulfone groups is 1. The molecule has 66 heavy (non-hydrogen) atoms. The molecule has 16 nitrogen and oxygen atoms in total. The SMILES string of the molecule is CS(=O)(=O)c1ccn2c(C(=O)NC3CC4(C3)CC(c3n[nH]c(=O)c5ccccc35)C4)cnc2c1.CSc1ccn2c(C(=O)NC3CC4(C3)CC(c3n[nH]c(=O)c5ccccc35)C4)cnc2c1. The second kappa shape index (κ2) is 15.8. The van der Waals surface area contributed by atoms with Crippen molar-refractivity contribution in [2.45, 2.75) is 85.1 Å². The number of thioether (sulfide) groups is 1. The molecule has 0 aliphatic heterocycles. The normalized spacial score (nSPS) is 24.3. The van der Waals surface area contributed by atoms with Gasteiger partial charge in [0.05, 0.1) is 39.4 Å². The Labute approximate surface area is 382 Å². The maximum absolute atomic E-state index is 12.9. The molecule has 0 unspecified atom stereocenters. The zero-order valence-corrected chi connectivity index (χ0v) is 37.8. The first-order chi connectivity index (χ1) is 31.8. The highest BCUT2D eigenvalue weighted by molar-refractivity contribution is 7.98. The molecule has 8 aromatic rings. The Morgan fingerprint density at radius 2 is 1.09 bits per heavy atom. The Bertz CT molecular complexity index is 3500. The van der Waals surface area contributed by atoms with Gasteiger partial charge >= 0.3 is 0 Å². The number of amides is 2. The predicted molar refractivity (Wildman–Crippen MR) is 250 cm³/mol. The summed E-state index contributed by atoms with van der Waals surface area (Å²) in [6.45, 7) is 0. The largest absolute Gasteiger partial charge is 0.348 e. The first-order valence-electron chi connectivity index (χ1n) is 22.0. The smallest absolute Gasteiger partial charge is 0.272 e. The third kappa shape index (κ3) is 7.35. The summed E-state index contributed by atoms with van der Waals surface area (Å²) in [6, 6.07) is 22.5. The van der Waals surface area contributed by atoms with Crippen LogP contribution in [0.4, 0.5) is 0 Å². The van der Waals surface area contributed by atoms with Gasteiger partial charge in [0, 0.05) is 64.3 Å². The Balaban J connectivity index is 0.000000146. The van der Waals surface area contributed by atoms with Crippen molar-refractivity contribution in [2.24, 2.45) is 10.8 Å². The molecule has 6 aromatic heterocycles. The van der Waals surface area contributed by atoms with E-state index in [0.717, 1.165) is 90.3 Å². The van der Waals surface area contributed by atoms with Gasteiger partial charge in [-0.25, -0.2) is 28.6 Å². The number of carbonyl (C=O) groups excluding carboxylic acids is 2. The van der Waals surface area contributed by atoms with Crippen molar-refractivity contribution in [3.8, 4) is 0 Å². The van der Waals surface area contributed by atoms with Gasteiger partial charge in [-0.2, -0.15) is 10.2 Å². The molecular weight excluding hydrogens is 877 g/mol. The molecule has 2 spiro atoms. The van der Waals surface area contributed by atoms with Gasteiger partial charge in [0.2, 0.25) is 0 Å². The van der Waals surface area contributed by atoms with Crippen molar-refractivity contribution in [1.29, 1.82) is 0 Å². The molecule has 6 heterocycles. The molecule has 18 heteroatoms. The zero-order chi connectivity index (χ0) is 45.5. The van der Waals surface area contributed by atoms with Gasteiger partial charge in [0.15, 0.2) is 9.84 Å². The van der Waals surface area contributed by atoms with E-state index >= 15 is 0 Å². The fourth-order valence-corrected chi connectivity index (χ4v) is 12.3. The van der Waals surface area contributed by atoms with Crippen LogP contribution in [0, 0.1) is 10.8 Å². The van der Waals surface area contributed by atoms with Crippen LogP contribution < -0.4 is 21.8 Å². The number of hydrogen-bond donors (Lipinski definition) is 4. The summed E-state index contributed by atoms with van der Waals surface area (Å²) >= 11 is 1.66. The first-order valence-corrected chi connectivity index (χ1v) is 25.1. The highest BCUT2D eigenvalue weighted by atomic mass is 32.2. The first kappa shape index (κ1) is 42.0. The number of aromatic amines is 2. The monoisotopic (exact) mass is 922 g/mol. The third-order valence-electron chi connectivity index (χ3n) is 14.4. The van der Waals surface area contributed by atoms with Crippen LogP contribution in [-0.2, 0) is 9.84 Å². The number of benzene rings is 2. The maximum atomic E-state index is 12.9. The number of aromatic nitrogens is 8. The summed E-state index contributed by atoms with van der Waals surface area (Å²) in [5.74, 6) is 0.376. The number of imidazole rings is 2. The summed E-state index contributed by atoms with van der Waals surface area (Å²) in [4.78, 5) is 59.7. The number of nitrogens with one attached hydrogen (secondary N) is 4. The second-order valence-electron chi connectivity index (χ2n) is 18.8. The molecule has 336 valence electrons. The van der Waals surface area contributed by atoms with Crippen molar-refractivity contribution in [2.75, 3.05) is 12.5 Å². The summed E-state index contributed by atoms with van der Waals surface area (Å²) in [7, 11) is -3.34. The van der Waals surface area contributed by atoms with Crippen LogP contribution in [0.25, 0.3) is 32.8 Å². The van der Waals surface area contributed by atoms with E-state index < -0.39 is 9.84 Å². The number of rotatable bonds is 8. The topological polar surface area (TPSA) is 218 Å². The highest BCUT2D eigenvalue weighted by Crippen LogP contribution is 2.63. The third-order valence-corrected chi connectivity index (χ3v) is 16.3. The van der Waals surface area contributed by atoms with Gasteiger partial charge in [0.1, 0.15) is 22.7 Å². The van der Waals surface area contributed by atoms with E-state index in [1.807, 2.05) is 77.5 Å². The van der Waals surface area contributed by atoms with Crippen LogP contribution in [0.3, 0.4) is 0 Å². The van der Waals surface area contributed by atoms with Gasteiger partial charge in [0.25, 0.3) is 22.9 Å². The van der Waals surface area contributed by atoms with E-state index in [1.54, 1.807) is 28.6 Å². The summed E-state index contributed by atoms with van der Waals surface area (Å²) in [5, 5.41) is 23.5. The molecule has 2 amide bonds. The van der Waals surface area contributed by atoms with E-state index in [0.29, 0.717) is 39.6 Å². The number of nitrogens with zero attached hydrogens (tertiary/aromatic N) is 6. The van der Waals surface area contributed by atoms with Crippen LogP contribution in [0.5, 0.6) is 0 Å². The van der Waals surface area contributed by atoms with Gasteiger partial charge in [-0.05, 0) is 98.8 Å². The number of pyridine rings is 2. The maximum Gasteiger partial charge on any atom is 0.272 e. The minimum atomic E-state index is -3.34. The van der Waals surface area contributed by atoms with Crippen LogP contribution in [-0.4, -0.2) is 84.0 Å². The lowest BCUT2D eigenvalue weighted by molar-refractivity contribution is -0.0200. The van der Waals surface area contributed by atoms with Crippen molar-refractivity contribution in [3.63, 3.8) is 0 Å². The number of H-pyrrole nitrogens is 2. The molecule has 4 aliphatic rings. The quantitative estimate of drug-likeness (QED) is 0.126. The predicted octanol–water partition coefficient (Wildman–Crippen LogP) is 6.18. The zero-order valence-electron chi connectivity index (χ0n) is 36.2. The lowest BCUT2D eigenvalue weighted by atomic mass is 9.49. The molecule has 12 rings (SSSR count). The van der Waals surface area contributed by atoms with Crippen LogP contribution in [0.1, 0.15) is 95.6 Å². The van der Waals surface area contributed by atoms with Crippen LogP contribution >= 0.6 is 11.8 Å². The molecule has 4 saturated carbocycles. The fraction of sp³-hybridized carbons (Fsp3) is 0.333. The molecule has 0 radical (unpaired) electrons. The molecule has 4 aliphatic carbocycles. The van der Waals surface area contributed by atoms with Crippen LogP contribution in [0.2, 0.25) is 0 Å². The average molecular weight is 923 g/mol. The minimum absolute atomic E-state index is 0.0709. The van der Waals surface area contributed by atoms with E-state index in [9.17, 15) is 27.6 Å². The number of fused-ring (bicyclic) bond motifs is 4. The van der Waals surface area contributed by atoms with E-state index in [-0.39, 0.29) is 50.7 Å². The van der Waals surface area contributed by atoms with Crippen molar-refractivity contribution in [3.05, 3.63) is 141 Å². The Morgan fingerprint density at radius 1 is 0.652 bits per heavy atom. The van der Waals surface area contributed by atoms with Gasteiger partial charge < -0.3 is 10.6 Å². The summed E-state index contributed by atoms with van der Waals surface area (Å²) in [5.41, 5.74) is 4.30. The summed E-state index contributed by atoms with van der Waals surface area (Å²) < 4.78 is 27.0. The molecule has 4 N–H and O–H groups in total. The number of carbonyl (C=O) groups is 2. The molecular formula is C48H46N10O6S2. The Kier molecular flexibility index (Phi) is 10.0. The molecule has 4 fully saturated rings. The van der Waals surface area contributed by atoms with Crippen molar-refractivity contribution in [1.82, 2.24) is 49.8 Å². The van der Waals surface area contributed by atoms with Gasteiger partial charge in [-0.15, -0.1) is 11.8 Å². The standard InChI is InChI=1S/C24H23N5O4S.C24H23N5O2S/c1-34(32,33)16-6-7-29-19(13-25-20(29)8-16)23(31)26-15-11-24(12-15)9-14(10-24)21-17-4-2-3-5-18(17)22(30)28-27-21;1-32-16-6-7-29-19(13-25-20(29)8-16)23(31)26-15-11-24(12-15)9-14(10-24)21-17-4-2-3-5-18(17)22(30)28-27-21/h2-8,13-15H,9-12H2,1H3,(H,26,31)(H,28,30);2-8,13-15H,9-12H2,1H3,(H,26,31)(H,28,30). The Hall–Kier alpha value is -6.66. The number of hydrogen-bond acceptors (Lipinski definition) is 11. The highest BCUT2D eigenvalue weighted by Gasteiger charge is 2.55. The summed E-state index contributed by atoms with van der Waals surface area (Å²) in [6.07, 6.45) is 17.6. The molecule has 2 aromatic carbocycles. The van der Waals surface area contributed by atoms with Crippen molar-refractivity contribution >= 4 is 66.3 Å². The lowest BCUT2D eigenvalue weighted by Gasteiger charge is -2.57. The van der Waals surface area contributed by atoms with E-state index in [1.165, 1.54) is 18.3 Å². The van der Waals surface area contributed by atoms with Crippen molar-refractivity contribution < 1.29 is 18.0 Å². The van der Waals surface area contributed by atoms with Crippen LogP contribution in [0.15, 0.2) is 117 Å². The van der Waals surface area contributed by atoms with Gasteiger partial charge in [-0.3, -0.25) is 28.0 Å². The average Bonchev–Trinajstić information content (AvgIpc) is 3.90. The second-order valence-corrected chi connectivity index (χ2v) is 21.7. The molecule has 0 atom stereocenters. The Morgan fingerprint density at radius 3 is 1.55 bits per heavy atom. The fourth-order valence-electron chi connectivity index (χ4n) is 11.2. The molecule has 0 bridgehead atoms. The molecule has 0 saturated heterocycles.